The lowest BCUT2D eigenvalue weighted by Crippen LogP contribution is -1.93. The number of hydrogen-bond donors (Lipinski definition) is 1. The van der Waals surface area contributed by atoms with Gasteiger partial charge in [0, 0.05) is 0 Å². The van der Waals surface area contributed by atoms with E-state index in [1.54, 1.807) is 11.8 Å². The van der Waals surface area contributed by atoms with E-state index in [9.17, 15) is 0 Å². The average molecular weight is 87.1 g/mol. The van der Waals surface area contributed by atoms with Gasteiger partial charge in [-0.25, -0.2) is 0 Å². The molecule has 1 rings (SSSR count). The van der Waals surface area contributed by atoms with E-state index in [0.717, 1.165) is 5.88 Å². The maximum absolute atomic E-state index is 3.55. The Bertz CT molecular complexity index is 45.6. The van der Waals surface area contributed by atoms with Crippen LogP contribution >= 0.6 is 11.8 Å². The average Bonchev–Trinajstić information content (AvgIpc) is 1.76. The Morgan fingerprint density at radius 3 is 3.20 bits per heavy atom. The molecule has 0 saturated carbocycles. The maximum atomic E-state index is 3.55. The third-order valence-corrected chi connectivity index (χ3v) is 0.820. The number of nitrogens with zero attached hydrogens (tertiary/aromatic N) is 1. The van der Waals surface area contributed by atoms with Crippen molar-refractivity contribution >= 4 is 17.3 Å². The minimum atomic E-state index is 0.889. The SMILES string of the molecule is [C]1=NNCS1. The van der Waals surface area contributed by atoms with Crippen molar-refractivity contribution in [2.24, 2.45) is 5.10 Å². The Kier molecular flexibility index (Phi) is 0.792. The molecular weight excluding hydrogens is 84.1 g/mol. The first-order valence-corrected chi connectivity index (χ1v) is 2.28. The molecule has 0 amide bonds. The van der Waals surface area contributed by atoms with Crippen LogP contribution in [0.2, 0.25) is 0 Å². The second kappa shape index (κ2) is 1.31. The summed E-state index contributed by atoms with van der Waals surface area (Å²) in [7, 11) is 0. The first-order chi connectivity index (χ1) is 2.50. The van der Waals surface area contributed by atoms with Gasteiger partial charge < -0.3 is 0 Å². The zero-order chi connectivity index (χ0) is 3.54. The molecule has 2 nitrogen and oxygen atoms in total. The van der Waals surface area contributed by atoms with Crippen molar-refractivity contribution in [2.75, 3.05) is 5.88 Å². The summed E-state index contributed by atoms with van der Waals surface area (Å²) < 4.78 is 0. The Morgan fingerprint density at radius 1 is 2.00 bits per heavy atom. The summed E-state index contributed by atoms with van der Waals surface area (Å²) in [5.74, 6) is 0.889. The molecule has 0 aromatic carbocycles. The minimum absolute atomic E-state index is 0.889. The Hall–Kier alpha value is -0.180. The van der Waals surface area contributed by atoms with E-state index in [-0.39, 0.29) is 0 Å². The van der Waals surface area contributed by atoms with Crippen LogP contribution in [0.5, 0.6) is 0 Å². The Balaban J connectivity index is 2.32. The van der Waals surface area contributed by atoms with E-state index in [0.29, 0.717) is 0 Å². The molecule has 0 fully saturated rings. The summed E-state index contributed by atoms with van der Waals surface area (Å²) in [5.41, 5.74) is 5.35. The highest BCUT2D eigenvalue weighted by molar-refractivity contribution is 8.12. The van der Waals surface area contributed by atoms with E-state index >= 15 is 0 Å². The number of rotatable bonds is 0. The molecule has 1 aliphatic rings. The highest BCUT2D eigenvalue weighted by atomic mass is 32.2. The molecule has 1 heterocycles. The zero-order valence-corrected chi connectivity index (χ0v) is 3.38. The summed E-state index contributed by atoms with van der Waals surface area (Å²) in [6.07, 6.45) is 0. The largest absolute Gasteiger partial charge is 0.298 e. The van der Waals surface area contributed by atoms with Crippen LogP contribution < -0.4 is 5.43 Å². The highest BCUT2D eigenvalue weighted by Gasteiger charge is 1.85. The lowest BCUT2D eigenvalue weighted by molar-refractivity contribution is 0.897. The summed E-state index contributed by atoms with van der Waals surface area (Å²) >= 11 is 1.55. The molecule has 0 aromatic heterocycles. The Morgan fingerprint density at radius 2 is 3.00 bits per heavy atom. The van der Waals surface area contributed by atoms with Crippen LogP contribution in [-0.4, -0.2) is 11.4 Å². The monoisotopic (exact) mass is 87.0 g/mol. The molecule has 0 bridgehead atoms. The van der Waals surface area contributed by atoms with Gasteiger partial charge in [-0.05, 0) is 0 Å². The van der Waals surface area contributed by atoms with Gasteiger partial charge >= 0.3 is 0 Å². The predicted molar refractivity (Wildman–Crippen MR) is 23.0 cm³/mol. The Labute approximate surface area is 34.6 Å². The fourth-order valence-corrected chi connectivity index (χ4v) is 0.484. The summed E-state index contributed by atoms with van der Waals surface area (Å²) in [5, 5.41) is 3.55. The fraction of sp³-hybridized carbons (Fsp3) is 0.500. The summed E-state index contributed by atoms with van der Waals surface area (Å²) in [4.78, 5) is 0. The molecule has 0 aromatic rings. The highest BCUT2D eigenvalue weighted by Crippen LogP contribution is 1.94. The molecule has 3 heteroatoms. The van der Waals surface area contributed by atoms with Crippen molar-refractivity contribution in [3.8, 4) is 0 Å². The number of thioether (sulfide) groups is 1. The van der Waals surface area contributed by atoms with Gasteiger partial charge in [-0.1, -0.05) is 11.8 Å². The molecule has 0 unspecified atom stereocenters. The molecule has 1 radical (unpaired) electrons. The number of hydrogen-bond acceptors (Lipinski definition) is 3. The van der Waals surface area contributed by atoms with Crippen LogP contribution in [0.4, 0.5) is 0 Å². The van der Waals surface area contributed by atoms with Crippen LogP contribution in [0, 0.1) is 0 Å². The molecule has 0 atom stereocenters. The standard InChI is InChI=1S/C2H3N2S/c1-3-4-2-5-1/h3H,1H2. The van der Waals surface area contributed by atoms with Crippen molar-refractivity contribution in [2.45, 2.75) is 0 Å². The van der Waals surface area contributed by atoms with Gasteiger partial charge in [0.05, 0.1) is 5.88 Å². The van der Waals surface area contributed by atoms with Crippen LogP contribution in [0.25, 0.3) is 0 Å². The summed E-state index contributed by atoms with van der Waals surface area (Å²) in [6.45, 7) is 0. The first-order valence-electron chi connectivity index (χ1n) is 1.29. The van der Waals surface area contributed by atoms with Gasteiger partial charge in [-0.15, -0.1) is 0 Å². The van der Waals surface area contributed by atoms with Gasteiger partial charge in [-0.2, -0.15) is 5.10 Å². The molecule has 1 aliphatic heterocycles. The molecule has 27 valence electrons. The molecule has 0 spiro atoms. The van der Waals surface area contributed by atoms with Crippen molar-refractivity contribution in [1.82, 2.24) is 5.43 Å². The van der Waals surface area contributed by atoms with Gasteiger partial charge in [0.25, 0.3) is 0 Å². The third-order valence-electron chi connectivity index (χ3n) is 0.326. The van der Waals surface area contributed by atoms with Crippen molar-refractivity contribution in [3.05, 3.63) is 0 Å². The lowest BCUT2D eigenvalue weighted by Gasteiger charge is -1.75. The van der Waals surface area contributed by atoms with Gasteiger partial charge in [0.15, 0.2) is 5.55 Å². The summed E-state index contributed by atoms with van der Waals surface area (Å²) in [6, 6.07) is 0. The van der Waals surface area contributed by atoms with Crippen molar-refractivity contribution in [1.29, 1.82) is 0 Å². The number of nitrogens with one attached hydrogen (secondary N) is 1. The topological polar surface area (TPSA) is 24.4 Å². The second-order valence-corrected chi connectivity index (χ2v) is 1.41. The molecule has 1 N–H and O–H groups in total. The quantitative estimate of drug-likeness (QED) is 0.453. The van der Waals surface area contributed by atoms with Crippen LogP contribution in [-0.2, 0) is 0 Å². The van der Waals surface area contributed by atoms with E-state index in [1.165, 1.54) is 0 Å². The maximum Gasteiger partial charge on any atom is 0.152 e. The molecule has 0 aliphatic carbocycles. The molecule has 0 saturated heterocycles. The van der Waals surface area contributed by atoms with Crippen LogP contribution in [0.3, 0.4) is 0 Å². The van der Waals surface area contributed by atoms with E-state index < -0.39 is 0 Å². The van der Waals surface area contributed by atoms with Crippen molar-refractivity contribution < 1.29 is 0 Å². The minimum Gasteiger partial charge on any atom is -0.298 e. The van der Waals surface area contributed by atoms with Crippen molar-refractivity contribution in [3.63, 3.8) is 0 Å². The van der Waals surface area contributed by atoms with Gasteiger partial charge in [0.1, 0.15) is 0 Å². The van der Waals surface area contributed by atoms with E-state index in [4.69, 9.17) is 0 Å². The van der Waals surface area contributed by atoms with E-state index in [1.807, 2.05) is 0 Å². The van der Waals surface area contributed by atoms with Crippen LogP contribution in [0.15, 0.2) is 5.10 Å². The third kappa shape index (κ3) is 0.545. The second-order valence-electron chi connectivity index (χ2n) is 0.650. The smallest absolute Gasteiger partial charge is 0.152 e. The predicted octanol–water partition coefficient (Wildman–Crippen LogP) is 0.101. The lowest BCUT2D eigenvalue weighted by atomic mass is 11.5. The zero-order valence-electron chi connectivity index (χ0n) is 2.56. The fourth-order valence-electron chi connectivity index (χ4n) is 0.161. The van der Waals surface area contributed by atoms with E-state index in [2.05, 4.69) is 16.1 Å². The normalized spacial score (nSPS) is 19.2. The van der Waals surface area contributed by atoms with Gasteiger partial charge in [0.2, 0.25) is 0 Å². The van der Waals surface area contributed by atoms with Gasteiger partial charge in [-0.3, -0.25) is 5.43 Å². The first kappa shape index (κ1) is 3.03. The molecule has 5 heavy (non-hydrogen) atoms. The van der Waals surface area contributed by atoms with Crippen LogP contribution in [0.1, 0.15) is 0 Å². The number of hydrazone groups is 1. The molecular formula is C2H3N2S.